The molecule has 0 aliphatic carbocycles. The van der Waals surface area contributed by atoms with Gasteiger partial charge in [0.2, 0.25) is 17.5 Å². The molecular formula is C25H28Cl2N7O4S3+. The van der Waals surface area contributed by atoms with Crippen LogP contribution in [0.2, 0.25) is 10.0 Å². The summed E-state index contributed by atoms with van der Waals surface area (Å²) in [6.07, 6.45) is 3.51. The lowest BCUT2D eigenvalue weighted by Gasteiger charge is -2.49. The fourth-order valence-corrected chi connectivity index (χ4v) is 7.62. The molecule has 1 aromatic heterocycles. The fourth-order valence-electron chi connectivity index (χ4n) is 4.20. The van der Waals surface area contributed by atoms with Gasteiger partial charge in [-0.25, -0.2) is 9.36 Å². The molecule has 0 radical (unpaired) electrons. The van der Waals surface area contributed by atoms with Crippen molar-refractivity contribution in [1.82, 2.24) is 20.5 Å². The molecule has 4 rings (SSSR count). The van der Waals surface area contributed by atoms with E-state index in [-0.39, 0.29) is 17.4 Å². The molecule has 2 amide bonds. The van der Waals surface area contributed by atoms with E-state index < -0.39 is 23.3 Å². The second kappa shape index (κ2) is 13.6. The zero-order chi connectivity index (χ0) is 29.8. The van der Waals surface area contributed by atoms with E-state index in [1.165, 1.54) is 40.2 Å². The number of β-lactam (4-membered cyclic amide) rings is 1. The number of thioether (sulfide) groups is 3. The number of nitrogens with one attached hydrogen (secondary N) is 2. The van der Waals surface area contributed by atoms with Crippen molar-refractivity contribution in [2.75, 3.05) is 35.8 Å². The summed E-state index contributed by atoms with van der Waals surface area (Å²) in [6.45, 7) is 0.491. The Kier molecular flexibility index (Phi) is 10.4. The third-order valence-corrected chi connectivity index (χ3v) is 10.2. The van der Waals surface area contributed by atoms with Gasteiger partial charge in [0.15, 0.2) is 0 Å². The maximum atomic E-state index is 12.9. The molecule has 0 saturated carbocycles. The monoisotopic (exact) mass is 656 g/mol. The van der Waals surface area contributed by atoms with E-state index in [0.29, 0.717) is 55.4 Å². The van der Waals surface area contributed by atoms with Gasteiger partial charge < -0.3 is 27.2 Å². The number of hydrogen-bond donors (Lipinski definition) is 5. The molecule has 2 atom stereocenters. The van der Waals surface area contributed by atoms with Crippen molar-refractivity contribution in [3.05, 3.63) is 57.2 Å². The number of carbonyl (C=O) groups is 3. The highest BCUT2D eigenvalue weighted by Gasteiger charge is 2.53. The highest BCUT2D eigenvalue weighted by atomic mass is 35.5. The van der Waals surface area contributed by atoms with Crippen LogP contribution in [0.5, 0.6) is 0 Å². The minimum atomic E-state index is -1.21. The molecule has 0 spiro atoms. The Labute approximate surface area is 259 Å². The van der Waals surface area contributed by atoms with Crippen LogP contribution in [0.4, 0.5) is 11.6 Å². The number of rotatable bonds is 11. The number of carboxylic acid groups (broad SMARTS) is 1. The van der Waals surface area contributed by atoms with E-state index >= 15 is 0 Å². The van der Waals surface area contributed by atoms with Crippen LogP contribution in [0, 0.1) is 0 Å². The van der Waals surface area contributed by atoms with Crippen LogP contribution in [-0.4, -0.2) is 68.5 Å². The second-order valence-corrected chi connectivity index (χ2v) is 12.9. The van der Waals surface area contributed by atoms with Crippen LogP contribution in [0.15, 0.2) is 51.7 Å². The van der Waals surface area contributed by atoms with Crippen LogP contribution < -0.4 is 26.7 Å². The van der Waals surface area contributed by atoms with Crippen molar-refractivity contribution in [1.29, 1.82) is 0 Å². The van der Waals surface area contributed by atoms with Crippen LogP contribution in [-0.2, 0) is 28.0 Å². The molecule has 2 aliphatic rings. The number of nitrogens with two attached hydrogens (primary N) is 2. The minimum absolute atomic E-state index is 0.0245. The normalized spacial score (nSPS) is 18.4. The van der Waals surface area contributed by atoms with Crippen LogP contribution in [0.3, 0.4) is 0 Å². The van der Waals surface area contributed by atoms with Crippen molar-refractivity contribution >= 4 is 87.9 Å². The van der Waals surface area contributed by atoms with E-state index in [4.69, 9.17) is 34.7 Å². The van der Waals surface area contributed by atoms with Gasteiger partial charge in [-0.2, -0.15) is 0 Å². The van der Waals surface area contributed by atoms with Gasteiger partial charge in [0.05, 0.1) is 23.4 Å². The van der Waals surface area contributed by atoms with Gasteiger partial charge in [-0.1, -0.05) is 40.3 Å². The standard InChI is InChI=1S/C25H27Cl2N7O4S3/c1-30-9-14-20(28)32-25(33(2)21(14)29)39-7-3-4-12-10-41-23-18(22(36)34(23)19(12)24(37)38)31-17(35)11-40-16-8-13(26)5-6-15(16)27/h3-6,8,18,23,30H,7,9-11H2,1-2H3,(H5,28,29,31,35,37,38)/p+1/t18-,23-/m1/s1. The van der Waals surface area contributed by atoms with E-state index in [9.17, 15) is 19.5 Å². The molecule has 11 nitrogen and oxygen atoms in total. The highest BCUT2D eigenvalue weighted by molar-refractivity contribution is 8.00. The van der Waals surface area contributed by atoms with E-state index in [2.05, 4.69) is 15.6 Å². The first-order valence-electron chi connectivity index (χ1n) is 12.2. The van der Waals surface area contributed by atoms with E-state index in [1.807, 2.05) is 0 Å². The summed E-state index contributed by atoms with van der Waals surface area (Å²) in [5.74, 6) is -0.335. The third-order valence-electron chi connectivity index (χ3n) is 6.23. The molecule has 2 aromatic rings. The van der Waals surface area contributed by atoms with Gasteiger partial charge in [0.25, 0.3) is 5.91 Å². The van der Waals surface area contributed by atoms with Gasteiger partial charge in [-0.15, -0.1) is 23.5 Å². The lowest BCUT2D eigenvalue weighted by Crippen LogP contribution is -2.70. The number of aliphatic carboxylic acids is 1. The van der Waals surface area contributed by atoms with Crippen molar-refractivity contribution in [2.24, 2.45) is 7.05 Å². The molecule has 16 heteroatoms. The van der Waals surface area contributed by atoms with Gasteiger partial charge in [-0.3, -0.25) is 14.5 Å². The number of nitrogen functional groups attached to an aromatic ring is 2. The van der Waals surface area contributed by atoms with Crippen molar-refractivity contribution < 1.29 is 24.1 Å². The Morgan fingerprint density at radius 3 is 2.78 bits per heavy atom. The predicted molar refractivity (Wildman–Crippen MR) is 164 cm³/mol. The molecule has 218 valence electrons. The number of hydrogen-bond acceptors (Lipinski definition) is 10. The number of halogens is 2. The van der Waals surface area contributed by atoms with Gasteiger partial charge in [0, 0.05) is 28.0 Å². The topological polar surface area (TPSA) is 168 Å². The number of amides is 2. The number of anilines is 2. The Balaban J connectivity index is 1.38. The predicted octanol–water partition coefficient (Wildman–Crippen LogP) is 2.28. The second-order valence-electron chi connectivity index (χ2n) is 8.94. The number of benzene rings is 1. The van der Waals surface area contributed by atoms with Gasteiger partial charge in [-0.05, 0) is 42.6 Å². The summed E-state index contributed by atoms with van der Waals surface area (Å²) >= 11 is 16.1. The van der Waals surface area contributed by atoms with Crippen LogP contribution in [0.25, 0.3) is 0 Å². The maximum Gasteiger partial charge on any atom is 0.352 e. The third kappa shape index (κ3) is 6.89. The maximum absolute atomic E-state index is 12.9. The summed E-state index contributed by atoms with van der Waals surface area (Å²) in [5.41, 5.74) is 13.4. The van der Waals surface area contributed by atoms with Crippen molar-refractivity contribution in [2.45, 2.75) is 28.0 Å². The lowest BCUT2D eigenvalue weighted by molar-refractivity contribution is -0.699. The molecular weight excluding hydrogens is 629 g/mol. The van der Waals surface area contributed by atoms with Crippen LogP contribution >= 0.6 is 58.5 Å². The molecule has 1 saturated heterocycles. The van der Waals surface area contributed by atoms with Gasteiger partial charge >= 0.3 is 11.1 Å². The molecule has 0 bridgehead atoms. The summed E-state index contributed by atoms with van der Waals surface area (Å²) in [6, 6.07) is 4.15. The Morgan fingerprint density at radius 2 is 2.07 bits per heavy atom. The number of allylic oxidation sites excluding steroid dienone is 1. The minimum Gasteiger partial charge on any atom is -0.477 e. The Hall–Kier alpha value is -2.62. The Bertz CT molecular complexity index is 1460. The average molecular weight is 658 g/mol. The number of carbonyl (C=O) groups excluding carboxylic acids is 2. The SMILES string of the molecule is CNCc1c(N)nc(SCC=CC2=C(C(=O)O)N3C(=O)[C@@H](NC(=O)CSc4cc(Cl)ccc4Cl)[C@H]3SC2)[n+](C)c1N. The van der Waals surface area contributed by atoms with Crippen molar-refractivity contribution in [3.63, 3.8) is 0 Å². The molecule has 2 aliphatic heterocycles. The number of carboxylic acids is 1. The molecule has 1 fully saturated rings. The zero-order valence-electron chi connectivity index (χ0n) is 22.0. The van der Waals surface area contributed by atoms with Crippen LogP contribution in [0.1, 0.15) is 5.56 Å². The molecule has 0 unspecified atom stereocenters. The first-order chi connectivity index (χ1) is 19.5. The molecule has 41 heavy (non-hydrogen) atoms. The van der Waals surface area contributed by atoms with Crippen molar-refractivity contribution in [3.8, 4) is 0 Å². The molecule has 3 heterocycles. The number of fused-ring (bicyclic) bond motifs is 1. The van der Waals surface area contributed by atoms with E-state index in [0.717, 1.165) is 5.56 Å². The summed E-state index contributed by atoms with van der Waals surface area (Å²) < 4.78 is 1.75. The van der Waals surface area contributed by atoms with E-state index in [1.54, 1.807) is 49.0 Å². The quantitative estimate of drug-likeness (QED) is 0.104. The summed E-state index contributed by atoms with van der Waals surface area (Å²) in [5, 5.41) is 16.7. The summed E-state index contributed by atoms with van der Waals surface area (Å²) in [4.78, 5) is 44.0. The zero-order valence-corrected chi connectivity index (χ0v) is 26.0. The molecule has 1 aromatic carbocycles. The highest BCUT2D eigenvalue weighted by Crippen LogP contribution is 2.41. The number of nitrogens with zero attached hydrogens (tertiary/aromatic N) is 3. The Morgan fingerprint density at radius 1 is 1.32 bits per heavy atom. The largest absolute Gasteiger partial charge is 0.477 e. The summed E-state index contributed by atoms with van der Waals surface area (Å²) in [7, 11) is 3.59. The first kappa shape index (κ1) is 31.3. The lowest BCUT2D eigenvalue weighted by atomic mass is 10.0. The van der Waals surface area contributed by atoms with Gasteiger partial charge in [0.1, 0.15) is 17.1 Å². The fraction of sp³-hybridized carbons (Fsp3) is 0.320. The number of aromatic nitrogens is 2. The molecule has 7 N–H and O–H groups in total. The smallest absolute Gasteiger partial charge is 0.352 e. The average Bonchev–Trinajstić information content (AvgIpc) is 2.94. The first-order valence-corrected chi connectivity index (χ1v) is 16.0.